The molecule has 1 fully saturated rings. The summed E-state index contributed by atoms with van der Waals surface area (Å²) >= 11 is 1.79. The number of carbonyl (C=O) groups excluding carboxylic acids is 1. The summed E-state index contributed by atoms with van der Waals surface area (Å²) in [6, 6.07) is 12.0. The summed E-state index contributed by atoms with van der Waals surface area (Å²) in [6.07, 6.45) is 4.89. The summed E-state index contributed by atoms with van der Waals surface area (Å²) in [5.41, 5.74) is 0.486. The zero-order valence-corrected chi connectivity index (χ0v) is 19.0. The Balaban J connectivity index is 1.25. The fraction of sp³-hybridized carbons (Fsp3) is 0.417. The number of nitrogens with zero attached hydrogens (tertiary/aromatic N) is 3. The minimum atomic E-state index is -0.536. The van der Waals surface area contributed by atoms with Gasteiger partial charge in [-0.2, -0.15) is 0 Å². The van der Waals surface area contributed by atoms with Gasteiger partial charge in [-0.3, -0.25) is 9.69 Å². The standard InChI is InChI=1S/C24H28N4O3S/c1-30-19-5-2-4-18(14-19)15-26-22(29)21-17-28-12-9-25-23(28)24(31-21)7-10-27(11-8-24)16-20-6-3-13-32-20/h2-6,9,12-14,21H,7-8,10-11,15-17H2,1H3,(H,26,29). The summed E-state index contributed by atoms with van der Waals surface area (Å²) in [4.78, 5) is 21.5. The average Bonchev–Trinajstić information content (AvgIpc) is 3.52. The number of piperidine rings is 1. The Morgan fingerprint density at radius 3 is 2.97 bits per heavy atom. The maximum atomic E-state index is 13.0. The molecule has 1 spiro atoms. The van der Waals surface area contributed by atoms with Gasteiger partial charge in [0.25, 0.3) is 5.91 Å². The van der Waals surface area contributed by atoms with Crippen LogP contribution in [0.2, 0.25) is 0 Å². The van der Waals surface area contributed by atoms with Crippen LogP contribution in [-0.4, -0.2) is 46.7 Å². The summed E-state index contributed by atoms with van der Waals surface area (Å²) in [6.45, 7) is 3.73. The molecule has 1 aromatic carbocycles. The fourth-order valence-electron chi connectivity index (χ4n) is 4.66. The van der Waals surface area contributed by atoms with Crippen molar-refractivity contribution in [3.63, 3.8) is 0 Å². The monoisotopic (exact) mass is 452 g/mol. The third-order valence-corrected chi connectivity index (χ3v) is 7.23. The lowest BCUT2D eigenvalue weighted by atomic mass is 9.88. The molecule has 1 amide bonds. The van der Waals surface area contributed by atoms with Crippen LogP contribution in [0.5, 0.6) is 5.75 Å². The van der Waals surface area contributed by atoms with Crippen molar-refractivity contribution in [3.05, 3.63) is 70.4 Å². The molecule has 0 radical (unpaired) electrons. The van der Waals surface area contributed by atoms with Gasteiger partial charge in [-0.05, 0) is 42.0 Å². The van der Waals surface area contributed by atoms with E-state index in [0.717, 1.165) is 49.6 Å². The average molecular weight is 453 g/mol. The van der Waals surface area contributed by atoms with Gasteiger partial charge in [0.1, 0.15) is 17.2 Å². The molecule has 2 aliphatic rings. The normalized spacial score (nSPS) is 20.1. The maximum Gasteiger partial charge on any atom is 0.251 e. The molecule has 1 N–H and O–H groups in total. The van der Waals surface area contributed by atoms with Crippen molar-refractivity contribution in [1.82, 2.24) is 19.8 Å². The number of hydrogen-bond donors (Lipinski definition) is 1. The molecule has 0 saturated carbocycles. The van der Waals surface area contributed by atoms with Crippen molar-refractivity contribution in [2.24, 2.45) is 0 Å². The number of aromatic nitrogens is 2. The van der Waals surface area contributed by atoms with E-state index in [0.29, 0.717) is 13.1 Å². The Labute approximate surface area is 192 Å². The number of hydrogen-bond acceptors (Lipinski definition) is 6. The molecular formula is C24H28N4O3S. The highest BCUT2D eigenvalue weighted by molar-refractivity contribution is 7.09. The molecule has 3 aromatic rings. The van der Waals surface area contributed by atoms with Gasteiger partial charge in [-0.15, -0.1) is 11.3 Å². The first-order valence-electron chi connectivity index (χ1n) is 11.0. The van der Waals surface area contributed by atoms with Crippen LogP contribution in [-0.2, 0) is 34.8 Å². The van der Waals surface area contributed by atoms with Gasteiger partial charge in [0.2, 0.25) is 0 Å². The molecule has 0 aliphatic carbocycles. The van der Waals surface area contributed by atoms with E-state index in [1.807, 2.05) is 36.7 Å². The first kappa shape index (κ1) is 21.2. The zero-order valence-electron chi connectivity index (χ0n) is 18.2. The van der Waals surface area contributed by atoms with Crippen LogP contribution < -0.4 is 10.1 Å². The number of methoxy groups -OCH3 is 1. The van der Waals surface area contributed by atoms with Gasteiger partial charge < -0.3 is 19.4 Å². The summed E-state index contributed by atoms with van der Waals surface area (Å²) in [5, 5.41) is 5.16. The number of imidazole rings is 1. The molecule has 1 saturated heterocycles. The second-order valence-electron chi connectivity index (χ2n) is 8.43. The Morgan fingerprint density at radius 1 is 1.31 bits per heavy atom. The van der Waals surface area contributed by atoms with Crippen LogP contribution in [0.1, 0.15) is 29.1 Å². The predicted octanol–water partition coefficient (Wildman–Crippen LogP) is 3.16. The van der Waals surface area contributed by atoms with Gasteiger partial charge >= 0.3 is 0 Å². The van der Waals surface area contributed by atoms with E-state index in [-0.39, 0.29) is 5.91 Å². The second kappa shape index (κ2) is 9.05. The highest BCUT2D eigenvalue weighted by atomic mass is 32.1. The number of thiophene rings is 1. The van der Waals surface area contributed by atoms with Crippen LogP contribution in [0, 0.1) is 0 Å². The number of benzene rings is 1. The Bertz CT molecular complexity index is 1060. The van der Waals surface area contributed by atoms with Gasteiger partial charge in [0, 0.05) is 43.4 Å². The molecule has 5 rings (SSSR count). The van der Waals surface area contributed by atoms with Crippen LogP contribution in [0.25, 0.3) is 0 Å². The minimum absolute atomic E-state index is 0.0902. The molecule has 32 heavy (non-hydrogen) atoms. The molecule has 8 heteroatoms. The van der Waals surface area contributed by atoms with E-state index < -0.39 is 11.7 Å². The number of rotatable bonds is 6. The third kappa shape index (κ3) is 4.30. The van der Waals surface area contributed by atoms with Crippen molar-refractivity contribution < 1.29 is 14.3 Å². The molecule has 7 nitrogen and oxygen atoms in total. The number of amides is 1. The first-order valence-corrected chi connectivity index (χ1v) is 11.9. The molecule has 4 heterocycles. The number of ether oxygens (including phenoxy) is 2. The van der Waals surface area contributed by atoms with Crippen molar-refractivity contribution in [2.45, 2.75) is 44.2 Å². The molecule has 1 unspecified atom stereocenters. The predicted molar refractivity (Wildman–Crippen MR) is 122 cm³/mol. The van der Waals surface area contributed by atoms with Crippen LogP contribution in [0.4, 0.5) is 0 Å². The molecule has 168 valence electrons. The number of carbonyl (C=O) groups is 1. The van der Waals surface area contributed by atoms with E-state index in [2.05, 4.69) is 37.3 Å². The van der Waals surface area contributed by atoms with Crippen LogP contribution in [0.3, 0.4) is 0 Å². The van der Waals surface area contributed by atoms with Crippen LogP contribution in [0.15, 0.2) is 54.2 Å². The SMILES string of the molecule is COc1cccc(CNC(=O)C2Cn3ccnc3C3(CCN(Cc4cccs4)CC3)O2)c1. The largest absolute Gasteiger partial charge is 0.497 e. The van der Waals surface area contributed by atoms with E-state index in [1.54, 1.807) is 18.4 Å². The number of likely N-dealkylation sites (tertiary alicyclic amines) is 1. The van der Waals surface area contributed by atoms with Crippen molar-refractivity contribution >= 4 is 17.2 Å². The Hall–Kier alpha value is -2.68. The molecule has 2 aliphatic heterocycles. The van der Waals surface area contributed by atoms with Gasteiger partial charge in [-0.1, -0.05) is 18.2 Å². The van der Waals surface area contributed by atoms with Gasteiger partial charge in [0.15, 0.2) is 6.10 Å². The maximum absolute atomic E-state index is 13.0. The molecule has 0 bridgehead atoms. The van der Waals surface area contributed by atoms with Crippen LogP contribution >= 0.6 is 11.3 Å². The van der Waals surface area contributed by atoms with Gasteiger partial charge in [-0.25, -0.2) is 4.98 Å². The molecule has 2 aromatic heterocycles. The van der Waals surface area contributed by atoms with Crippen molar-refractivity contribution in [1.29, 1.82) is 0 Å². The smallest absolute Gasteiger partial charge is 0.251 e. The first-order chi connectivity index (χ1) is 15.6. The van der Waals surface area contributed by atoms with E-state index in [9.17, 15) is 4.79 Å². The molecule has 1 atom stereocenters. The number of fused-ring (bicyclic) bond motifs is 2. The lowest BCUT2D eigenvalue weighted by Gasteiger charge is -2.45. The number of nitrogens with one attached hydrogen (secondary N) is 1. The molecular weight excluding hydrogens is 424 g/mol. The van der Waals surface area contributed by atoms with Crippen molar-refractivity contribution in [3.8, 4) is 5.75 Å². The Kier molecular flexibility index (Phi) is 5.99. The second-order valence-corrected chi connectivity index (χ2v) is 9.46. The van der Waals surface area contributed by atoms with Crippen molar-refractivity contribution in [2.75, 3.05) is 20.2 Å². The lowest BCUT2D eigenvalue weighted by molar-refractivity contribution is -0.174. The summed E-state index contributed by atoms with van der Waals surface area (Å²) < 4.78 is 13.9. The summed E-state index contributed by atoms with van der Waals surface area (Å²) in [5.74, 6) is 1.64. The van der Waals surface area contributed by atoms with Gasteiger partial charge in [0.05, 0.1) is 13.7 Å². The van der Waals surface area contributed by atoms with E-state index in [1.165, 1.54) is 4.88 Å². The van der Waals surface area contributed by atoms with E-state index >= 15 is 0 Å². The third-order valence-electron chi connectivity index (χ3n) is 6.37. The minimum Gasteiger partial charge on any atom is -0.497 e. The quantitative estimate of drug-likeness (QED) is 0.622. The topological polar surface area (TPSA) is 68.6 Å². The Morgan fingerprint density at radius 2 is 2.19 bits per heavy atom. The fourth-order valence-corrected chi connectivity index (χ4v) is 5.40. The van der Waals surface area contributed by atoms with E-state index in [4.69, 9.17) is 9.47 Å². The lowest BCUT2D eigenvalue weighted by Crippen LogP contribution is -2.53. The summed E-state index contributed by atoms with van der Waals surface area (Å²) in [7, 11) is 1.64. The highest BCUT2D eigenvalue weighted by Gasteiger charge is 2.47. The zero-order chi connectivity index (χ0) is 22.0. The highest BCUT2D eigenvalue weighted by Crippen LogP contribution is 2.40.